The van der Waals surface area contributed by atoms with Crippen molar-refractivity contribution in [3.63, 3.8) is 0 Å². The van der Waals surface area contributed by atoms with Gasteiger partial charge in [0, 0.05) is 13.0 Å². The van der Waals surface area contributed by atoms with Gasteiger partial charge in [0.05, 0.1) is 6.42 Å². The Balaban J connectivity index is 3.11. The molecular weight excluding hydrogens is 199 g/mol. The third kappa shape index (κ3) is 11.2. The number of carboxylic acid groups (broad SMARTS) is 1. The molecule has 0 aliphatic heterocycles. The first-order valence-electron chi connectivity index (χ1n) is 4.41. The van der Waals surface area contributed by atoms with E-state index in [1.807, 2.05) is 0 Å². The third-order valence-corrected chi connectivity index (χ3v) is 1.58. The number of halogens is 3. The summed E-state index contributed by atoms with van der Waals surface area (Å²) in [6, 6.07) is 0. The third-order valence-electron chi connectivity index (χ3n) is 1.58. The van der Waals surface area contributed by atoms with Crippen LogP contribution < -0.4 is 5.32 Å². The van der Waals surface area contributed by atoms with E-state index in [1.165, 1.54) is 0 Å². The molecule has 6 heteroatoms. The van der Waals surface area contributed by atoms with E-state index in [0.29, 0.717) is 19.4 Å². The zero-order chi connectivity index (χ0) is 11.0. The van der Waals surface area contributed by atoms with Crippen LogP contribution in [0, 0.1) is 0 Å². The van der Waals surface area contributed by atoms with E-state index in [9.17, 15) is 18.0 Å². The molecule has 84 valence electrons. The molecule has 0 atom stereocenters. The smallest absolute Gasteiger partial charge is 0.390 e. The van der Waals surface area contributed by atoms with Crippen LogP contribution in [0.5, 0.6) is 0 Å². The second kappa shape index (κ2) is 6.64. The van der Waals surface area contributed by atoms with E-state index in [-0.39, 0.29) is 13.0 Å². The first-order valence-corrected chi connectivity index (χ1v) is 4.41. The summed E-state index contributed by atoms with van der Waals surface area (Å²) in [4.78, 5) is 10.1. The lowest BCUT2D eigenvalue weighted by atomic mass is 10.2. The lowest BCUT2D eigenvalue weighted by Gasteiger charge is -2.06. The molecule has 3 nitrogen and oxygen atoms in total. The monoisotopic (exact) mass is 213 g/mol. The highest BCUT2D eigenvalue weighted by atomic mass is 19.4. The van der Waals surface area contributed by atoms with Crippen molar-refractivity contribution < 1.29 is 23.1 Å². The molecule has 0 aliphatic rings. The van der Waals surface area contributed by atoms with Gasteiger partial charge in [0.25, 0.3) is 0 Å². The van der Waals surface area contributed by atoms with Crippen LogP contribution in [0.4, 0.5) is 13.2 Å². The van der Waals surface area contributed by atoms with Gasteiger partial charge in [0.1, 0.15) is 0 Å². The van der Waals surface area contributed by atoms with Gasteiger partial charge in [-0.2, -0.15) is 13.2 Å². The summed E-state index contributed by atoms with van der Waals surface area (Å²) in [5.41, 5.74) is 0. The number of carboxylic acids is 1. The highest BCUT2D eigenvalue weighted by Crippen LogP contribution is 2.17. The molecule has 0 aromatic heterocycles. The first kappa shape index (κ1) is 13.2. The summed E-state index contributed by atoms with van der Waals surface area (Å²) < 4.78 is 34.9. The van der Waals surface area contributed by atoms with Gasteiger partial charge in [-0.1, -0.05) is 0 Å². The maximum atomic E-state index is 11.6. The molecule has 0 amide bonds. The van der Waals surface area contributed by atoms with Crippen molar-refractivity contribution in [1.29, 1.82) is 0 Å². The van der Waals surface area contributed by atoms with Crippen LogP contribution in [0.1, 0.15) is 25.7 Å². The predicted octanol–water partition coefficient (Wildman–Crippen LogP) is 1.78. The highest BCUT2D eigenvalue weighted by molar-refractivity contribution is 5.66. The average Bonchev–Trinajstić information content (AvgIpc) is 2.00. The summed E-state index contributed by atoms with van der Waals surface area (Å²) in [7, 11) is 0. The van der Waals surface area contributed by atoms with Crippen molar-refractivity contribution in [3.8, 4) is 0 Å². The number of hydrogen-bond donors (Lipinski definition) is 2. The largest absolute Gasteiger partial charge is 0.481 e. The molecule has 0 saturated heterocycles. The summed E-state index contributed by atoms with van der Waals surface area (Å²) in [6.45, 7) is 0.333. The number of hydrogen-bond acceptors (Lipinski definition) is 2. The fourth-order valence-corrected chi connectivity index (χ4v) is 0.881. The molecule has 0 unspecified atom stereocenters. The predicted molar refractivity (Wildman–Crippen MR) is 45.0 cm³/mol. The second-order valence-corrected chi connectivity index (χ2v) is 2.97. The Morgan fingerprint density at radius 3 is 2.36 bits per heavy atom. The Kier molecular flexibility index (Phi) is 6.27. The van der Waals surface area contributed by atoms with Gasteiger partial charge in [-0.25, -0.2) is 0 Å². The fourth-order valence-electron chi connectivity index (χ4n) is 0.881. The Morgan fingerprint density at radius 1 is 1.21 bits per heavy atom. The molecule has 14 heavy (non-hydrogen) atoms. The van der Waals surface area contributed by atoms with Crippen LogP contribution in [0.25, 0.3) is 0 Å². The van der Waals surface area contributed by atoms with Crippen LogP contribution in [-0.4, -0.2) is 30.3 Å². The van der Waals surface area contributed by atoms with E-state index in [4.69, 9.17) is 5.11 Å². The van der Waals surface area contributed by atoms with Crippen LogP contribution in [0.15, 0.2) is 0 Å². The van der Waals surface area contributed by atoms with Crippen LogP contribution in [0.3, 0.4) is 0 Å². The van der Waals surface area contributed by atoms with E-state index >= 15 is 0 Å². The molecule has 0 saturated carbocycles. The number of carbonyl (C=O) groups is 1. The van der Waals surface area contributed by atoms with Gasteiger partial charge in [0.2, 0.25) is 0 Å². The van der Waals surface area contributed by atoms with Crippen molar-refractivity contribution in [3.05, 3.63) is 0 Å². The number of rotatable bonds is 7. The van der Waals surface area contributed by atoms with Gasteiger partial charge in [-0.15, -0.1) is 0 Å². The Labute approximate surface area is 80.3 Å². The Morgan fingerprint density at radius 2 is 1.86 bits per heavy atom. The summed E-state index contributed by atoms with van der Waals surface area (Å²) >= 11 is 0. The van der Waals surface area contributed by atoms with Gasteiger partial charge >= 0.3 is 12.1 Å². The van der Waals surface area contributed by atoms with Crippen molar-refractivity contribution in [2.24, 2.45) is 0 Å². The summed E-state index contributed by atoms with van der Waals surface area (Å²) in [5.74, 6) is -0.875. The van der Waals surface area contributed by atoms with Crippen molar-refractivity contribution in [2.75, 3.05) is 13.1 Å². The maximum absolute atomic E-state index is 11.6. The van der Waals surface area contributed by atoms with E-state index in [2.05, 4.69) is 5.32 Å². The molecule has 0 radical (unpaired) electrons. The first-order chi connectivity index (χ1) is 6.42. The quantitative estimate of drug-likeness (QED) is 0.634. The molecule has 0 aromatic carbocycles. The van der Waals surface area contributed by atoms with Crippen molar-refractivity contribution in [2.45, 2.75) is 31.9 Å². The molecule has 0 fully saturated rings. The van der Waals surface area contributed by atoms with Crippen molar-refractivity contribution >= 4 is 5.97 Å². The second-order valence-electron chi connectivity index (χ2n) is 2.97. The standard InChI is InChI=1S/C8H14F3NO2/c9-8(10,11)4-6-12-5-2-1-3-7(13)14/h12H,1-6H2,(H,13,14). The molecule has 0 aliphatic carbocycles. The topological polar surface area (TPSA) is 49.3 Å². The van der Waals surface area contributed by atoms with Gasteiger partial charge < -0.3 is 10.4 Å². The van der Waals surface area contributed by atoms with Crippen LogP contribution in [0.2, 0.25) is 0 Å². The molecule has 0 aromatic rings. The minimum absolute atomic E-state index is 0.0704. The zero-order valence-electron chi connectivity index (χ0n) is 7.73. The fraction of sp³-hybridized carbons (Fsp3) is 0.875. The van der Waals surface area contributed by atoms with Crippen LogP contribution in [-0.2, 0) is 4.79 Å². The Hall–Kier alpha value is -0.780. The molecule has 2 N–H and O–H groups in total. The molecule has 0 heterocycles. The van der Waals surface area contributed by atoms with Gasteiger partial charge in [0.15, 0.2) is 0 Å². The minimum Gasteiger partial charge on any atom is -0.481 e. The zero-order valence-corrected chi connectivity index (χ0v) is 7.73. The SMILES string of the molecule is O=C(O)CCCCNCCC(F)(F)F. The molecule has 0 bridgehead atoms. The number of unbranched alkanes of at least 4 members (excludes halogenated alkanes) is 1. The maximum Gasteiger partial charge on any atom is 0.390 e. The molecule has 0 spiro atoms. The van der Waals surface area contributed by atoms with E-state index in [0.717, 1.165) is 0 Å². The number of aliphatic carboxylic acids is 1. The summed E-state index contributed by atoms with van der Waals surface area (Å²) in [5, 5.41) is 10.9. The van der Waals surface area contributed by atoms with E-state index in [1.54, 1.807) is 0 Å². The lowest BCUT2D eigenvalue weighted by Crippen LogP contribution is -2.22. The highest BCUT2D eigenvalue weighted by Gasteiger charge is 2.25. The Bertz CT molecular complexity index is 170. The number of nitrogens with one attached hydrogen (secondary N) is 1. The number of alkyl halides is 3. The van der Waals surface area contributed by atoms with Crippen LogP contribution >= 0.6 is 0 Å². The minimum atomic E-state index is -4.12. The normalized spacial score (nSPS) is 11.6. The van der Waals surface area contributed by atoms with E-state index < -0.39 is 18.6 Å². The lowest BCUT2D eigenvalue weighted by molar-refractivity contribution is -0.137. The molecule has 0 rings (SSSR count). The van der Waals surface area contributed by atoms with Gasteiger partial charge in [-0.05, 0) is 19.4 Å². The summed E-state index contributed by atoms with van der Waals surface area (Å²) in [6.07, 6.45) is -3.81. The van der Waals surface area contributed by atoms with Gasteiger partial charge in [-0.3, -0.25) is 4.79 Å². The molecular formula is C8H14F3NO2. The van der Waals surface area contributed by atoms with Crippen molar-refractivity contribution in [1.82, 2.24) is 5.32 Å². The average molecular weight is 213 g/mol.